The molecule has 0 N–H and O–H groups in total. The summed E-state index contributed by atoms with van der Waals surface area (Å²) < 4.78 is 0. The van der Waals surface area contributed by atoms with Crippen molar-refractivity contribution in [3.63, 3.8) is 0 Å². The molecule has 0 aliphatic carbocycles. The molecule has 0 spiro atoms. The van der Waals surface area contributed by atoms with Gasteiger partial charge in [0.15, 0.2) is 5.78 Å². The second-order valence-electron chi connectivity index (χ2n) is 5.57. The second kappa shape index (κ2) is 5.97. The van der Waals surface area contributed by atoms with Crippen LogP contribution in [0.4, 0.5) is 0 Å². The van der Waals surface area contributed by atoms with E-state index in [9.17, 15) is 14.4 Å². The van der Waals surface area contributed by atoms with Gasteiger partial charge in [-0.3, -0.25) is 14.4 Å². The fourth-order valence-electron chi connectivity index (χ4n) is 2.50. The lowest BCUT2D eigenvalue weighted by Gasteiger charge is -2.35. The maximum absolute atomic E-state index is 12.3. The van der Waals surface area contributed by atoms with E-state index in [0.29, 0.717) is 18.7 Å². The number of hydrogen-bond acceptors (Lipinski definition) is 4. The van der Waals surface area contributed by atoms with Crippen molar-refractivity contribution in [2.24, 2.45) is 0 Å². The summed E-state index contributed by atoms with van der Waals surface area (Å²) in [6, 6.07) is 1.85. The first-order valence-electron chi connectivity index (χ1n) is 7.01. The van der Waals surface area contributed by atoms with Crippen LogP contribution in [0.25, 0.3) is 0 Å². The lowest BCUT2D eigenvalue weighted by atomic mass is 10.1. The van der Waals surface area contributed by atoms with Gasteiger partial charge in [-0.2, -0.15) is 0 Å². The second-order valence-corrected chi connectivity index (χ2v) is 7.03. The number of hydrogen-bond donors (Lipinski definition) is 0. The molecule has 2 heterocycles. The molecule has 6 heteroatoms. The average Bonchev–Trinajstić information content (AvgIpc) is 2.74. The van der Waals surface area contributed by atoms with Crippen LogP contribution < -0.4 is 0 Å². The molecular formula is C15H20N2O3S. The third-order valence-corrected chi connectivity index (χ3v) is 4.61. The van der Waals surface area contributed by atoms with E-state index in [-0.39, 0.29) is 18.4 Å². The zero-order chi connectivity index (χ0) is 15.7. The molecule has 1 aliphatic heterocycles. The van der Waals surface area contributed by atoms with Crippen molar-refractivity contribution in [2.45, 2.75) is 33.7 Å². The zero-order valence-corrected chi connectivity index (χ0v) is 13.6. The van der Waals surface area contributed by atoms with Crippen LogP contribution in [0.1, 0.15) is 34.0 Å². The number of carbonyl (C=O) groups is 3. The molecule has 0 radical (unpaired) electrons. The fourth-order valence-corrected chi connectivity index (χ4v) is 3.44. The van der Waals surface area contributed by atoms with Crippen LogP contribution in [0.3, 0.4) is 0 Å². The van der Waals surface area contributed by atoms with Gasteiger partial charge in [0.2, 0.25) is 0 Å². The van der Waals surface area contributed by atoms with E-state index in [0.717, 1.165) is 9.75 Å². The molecule has 2 amide bonds. The molecule has 1 aromatic rings. The molecule has 0 aromatic carbocycles. The lowest BCUT2D eigenvalue weighted by molar-refractivity contribution is -0.156. The molecule has 1 aliphatic rings. The number of aryl methyl sites for hydroxylation is 2. The van der Waals surface area contributed by atoms with Crippen LogP contribution in [0.15, 0.2) is 6.07 Å². The van der Waals surface area contributed by atoms with Gasteiger partial charge in [-0.25, -0.2) is 0 Å². The number of carbonyl (C=O) groups excluding carboxylic acids is 3. The van der Waals surface area contributed by atoms with Crippen molar-refractivity contribution in [3.8, 4) is 0 Å². The molecule has 0 bridgehead atoms. The monoisotopic (exact) mass is 308 g/mol. The summed E-state index contributed by atoms with van der Waals surface area (Å²) >= 11 is 1.57. The molecule has 1 aromatic heterocycles. The minimum absolute atomic E-state index is 0.000990. The van der Waals surface area contributed by atoms with Crippen LogP contribution >= 0.6 is 11.3 Å². The Hall–Kier alpha value is -1.69. The minimum atomic E-state index is -0.576. The van der Waals surface area contributed by atoms with Gasteiger partial charge in [-0.05, 0) is 33.8 Å². The molecule has 5 nitrogen and oxygen atoms in total. The number of amides is 2. The first-order valence-corrected chi connectivity index (χ1v) is 7.83. The predicted molar refractivity (Wildman–Crippen MR) is 81.6 cm³/mol. The quantitative estimate of drug-likeness (QED) is 0.627. The summed E-state index contributed by atoms with van der Waals surface area (Å²) in [4.78, 5) is 41.3. The minimum Gasteiger partial charge on any atom is -0.330 e. The summed E-state index contributed by atoms with van der Waals surface area (Å²) in [5, 5.41) is 0. The third-order valence-electron chi connectivity index (χ3n) is 3.64. The van der Waals surface area contributed by atoms with Crippen molar-refractivity contribution >= 4 is 28.9 Å². The van der Waals surface area contributed by atoms with Crippen LogP contribution in [0.5, 0.6) is 0 Å². The topological polar surface area (TPSA) is 57.7 Å². The van der Waals surface area contributed by atoms with Crippen molar-refractivity contribution < 1.29 is 14.4 Å². The summed E-state index contributed by atoms with van der Waals surface area (Å²) in [6.07, 6.45) is 0. The van der Waals surface area contributed by atoms with Crippen molar-refractivity contribution in [1.29, 1.82) is 0 Å². The van der Waals surface area contributed by atoms with Gasteiger partial charge in [0.05, 0.1) is 6.54 Å². The van der Waals surface area contributed by atoms with Gasteiger partial charge in [0.1, 0.15) is 0 Å². The highest BCUT2D eigenvalue weighted by atomic mass is 32.1. The molecule has 0 unspecified atom stereocenters. The number of rotatable bonds is 4. The molecule has 2 rings (SSSR count). The summed E-state index contributed by atoms with van der Waals surface area (Å²) in [7, 11) is 0. The van der Waals surface area contributed by atoms with Gasteiger partial charge >= 0.3 is 11.8 Å². The first kappa shape index (κ1) is 15.7. The maximum atomic E-state index is 12.3. The summed E-state index contributed by atoms with van der Waals surface area (Å²) in [5.74, 6) is -1.19. The highest BCUT2D eigenvalue weighted by Crippen LogP contribution is 2.21. The van der Waals surface area contributed by atoms with Gasteiger partial charge < -0.3 is 9.80 Å². The number of Topliss-reactive ketones (excluding diaryl/α,β-unsaturated/α-hetero) is 1. The zero-order valence-electron chi connectivity index (χ0n) is 12.8. The number of piperazine rings is 1. The van der Waals surface area contributed by atoms with Gasteiger partial charge in [0.25, 0.3) is 0 Å². The first-order chi connectivity index (χ1) is 9.81. The summed E-state index contributed by atoms with van der Waals surface area (Å²) in [5.41, 5.74) is 0.657. The van der Waals surface area contributed by atoms with Crippen molar-refractivity contribution in [3.05, 3.63) is 21.4 Å². The van der Waals surface area contributed by atoms with E-state index in [1.807, 2.05) is 33.8 Å². The average molecular weight is 308 g/mol. The Kier molecular flexibility index (Phi) is 4.46. The highest BCUT2D eigenvalue weighted by Gasteiger charge is 2.34. The molecule has 1 fully saturated rings. The fraction of sp³-hybridized carbons (Fsp3) is 0.533. The number of thiophene rings is 1. The number of ketones is 1. The Bertz CT molecular complexity index is 592. The van der Waals surface area contributed by atoms with E-state index in [2.05, 4.69) is 0 Å². The van der Waals surface area contributed by atoms with E-state index >= 15 is 0 Å². The van der Waals surface area contributed by atoms with Crippen LogP contribution in [-0.4, -0.2) is 53.1 Å². The SMILES string of the molecule is Cc1cc(C(=O)CN2CCN(C(C)C)C(=O)C2=O)c(C)s1. The Morgan fingerprint density at radius 1 is 1.24 bits per heavy atom. The van der Waals surface area contributed by atoms with Crippen LogP contribution in [0, 0.1) is 13.8 Å². The normalized spacial score (nSPS) is 16.0. The van der Waals surface area contributed by atoms with E-state index < -0.39 is 11.8 Å². The predicted octanol–water partition coefficient (Wildman–Crippen LogP) is 1.63. The molecule has 21 heavy (non-hydrogen) atoms. The Morgan fingerprint density at radius 2 is 1.90 bits per heavy atom. The van der Waals surface area contributed by atoms with Gasteiger partial charge in [-0.15, -0.1) is 11.3 Å². The van der Waals surface area contributed by atoms with Gasteiger partial charge in [0, 0.05) is 34.4 Å². The standard InChI is InChI=1S/C15H20N2O3S/c1-9(2)17-6-5-16(14(19)15(17)20)8-13(18)12-7-10(3)21-11(12)4/h7,9H,5-6,8H2,1-4H3. The Morgan fingerprint density at radius 3 is 2.43 bits per heavy atom. The van der Waals surface area contributed by atoms with Crippen LogP contribution in [0.2, 0.25) is 0 Å². The molecule has 0 atom stereocenters. The number of nitrogens with zero attached hydrogens (tertiary/aromatic N) is 2. The Labute approximate surface area is 128 Å². The molecule has 1 saturated heterocycles. The van der Waals surface area contributed by atoms with Crippen molar-refractivity contribution in [1.82, 2.24) is 9.80 Å². The van der Waals surface area contributed by atoms with Gasteiger partial charge in [-0.1, -0.05) is 0 Å². The van der Waals surface area contributed by atoms with E-state index in [1.54, 1.807) is 16.2 Å². The van der Waals surface area contributed by atoms with Crippen molar-refractivity contribution in [2.75, 3.05) is 19.6 Å². The molecular weight excluding hydrogens is 288 g/mol. The maximum Gasteiger partial charge on any atom is 0.312 e. The third kappa shape index (κ3) is 3.15. The lowest BCUT2D eigenvalue weighted by Crippen LogP contribution is -2.57. The summed E-state index contributed by atoms with van der Waals surface area (Å²) in [6.45, 7) is 8.48. The highest BCUT2D eigenvalue weighted by molar-refractivity contribution is 7.12. The van der Waals surface area contributed by atoms with Crippen LogP contribution in [-0.2, 0) is 9.59 Å². The molecule has 0 saturated carbocycles. The Balaban J connectivity index is 2.07. The largest absolute Gasteiger partial charge is 0.330 e. The smallest absolute Gasteiger partial charge is 0.312 e. The van der Waals surface area contributed by atoms with E-state index in [1.165, 1.54) is 4.90 Å². The van der Waals surface area contributed by atoms with E-state index in [4.69, 9.17) is 0 Å². The molecule has 114 valence electrons.